The Morgan fingerprint density at radius 1 is 1.15 bits per heavy atom. The topological polar surface area (TPSA) is 0 Å². The molecular formula is C8H5BClF3. The number of benzene rings is 1. The lowest BCUT2D eigenvalue weighted by molar-refractivity contribution is -0.131. The van der Waals surface area contributed by atoms with Gasteiger partial charge in [0.1, 0.15) is 0 Å². The van der Waals surface area contributed by atoms with E-state index in [-0.39, 0.29) is 5.56 Å². The molecule has 0 saturated heterocycles. The molecule has 0 amide bonds. The van der Waals surface area contributed by atoms with Gasteiger partial charge in [-0.3, -0.25) is 0 Å². The van der Waals surface area contributed by atoms with Crippen LogP contribution in [0.3, 0.4) is 0 Å². The quantitative estimate of drug-likeness (QED) is 0.617. The van der Waals surface area contributed by atoms with Crippen LogP contribution >= 0.6 is 11.6 Å². The van der Waals surface area contributed by atoms with Gasteiger partial charge in [0.2, 0.25) is 0 Å². The molecule has 0 aliphatic rings. The first-order valence-corrected chi connectivity index (χ1v) is 3.87. The first kappa shape index (κ1) is 10.4. The Morgan fingerprint density at radius 3 is 2.00 bits per heavy atom. The predicted octanol–water partition coefficient (Wildman–Crippen LogP) is 3.11. The van der Waals surface area contributed by atoms with E-state index >= 15 is 0 Å². The van der Waals surface area contributed by atoms with E-state index in [4.69, 9.17) is 19.4 Å². The molecule has 13 heavy (non-hydrogen) atoms. The predicted molar refractivity (Wildman–Crippen MR) is 46.0 cm³/mol. The molecule has 0 heterocycles. The van der Waals surface area contributed by atoms with E-state index in [1.807, 2.05) is 0 Å². The molecular weight excluding hydrogens is 199 g/mol. The molecule has 0 spiro atoms. The molecule has 0 aromatic heterocycles. The van der Waals surface area contributed by atoms with Gasteiger partial charge >= 0.3 is 6.18 Å². The molecule has 0 bridgehead atoms. The molecule has 1 aromatic rings. The standard InChI is InChI=1S/C8H5BClF3/c9-7(8(11,12)13)5-1-3-6(10)4-2-5/h1-4,7H. The summed E-state index contributed by atoms with van der Waals surface area (Å²) in [5.74, 6) is -1.94. The minimum atomic E-state index is -4.41. The van der Waals surface area contributed by atoms with Crippen LogP contribution < -0.4 is 0 Å². The van der Waals surface area contributed by atoms with Crippen molar-refractivity contribution in [2.75, 3.05) is 0 Å². The van der Waals surface area contributed by atoms with E-state index in [9.17, 15) is 13.2 Å². The Bertz CT molecular complexity index is 280. The minimum absolute atomic E-state index is 0.0110. The molecule has 1 aromatic carbocycles. The summed E-state index contributed by atoms with van der Waals surface area (Å²) in [5.41, 5.74) is 0.0110. The molecule has 1 unspecified atom stereocenters. The van der Waals surface area contributed by atoms with Gasteiger partial charge in [0.15, 0.2) is 0 Å². The van der Waals surface area contributed by atoms with E-state index in [0.29, 0.717) is 5.02 Å². The van der Waals surface area contributed by atoms with Crippen molar-refractivity contribution in [3.63, 3.8) is 0 Å². The van der Waals surface area contributed by atoms with Crippen LogP contribution in [0.25, 0.3) is 0 Å². The lowest BCUT2D eigenvalue weighted by atomic mass is 9.80. The number of alkyl halides is 3. The average Bonchev–Trinajstić information content (AvgIpc) is 2.03. The van der Waals surface area contributed by atoms with Gasteiger partial charge in [-0.1, -0.05) is 23.7 Å². The number of hydrogen-bond donors (Lipinski definition) is 0. The van der Waals surface area contributed by atoms with Gasteiger partial charge in [-0.05, 0) is 17.7 Å². The maximum atomic E-state index is 12.1. The number of hydrogen-bond acceptors (Lipinski definition) is 0. The largest absolute Gasteiger partial charge is 0.388 e. The molecule has 0 aliphatic carbocycles. The molecule has 0 aliphatic heterocycles. The van der Waals surface area contributed by atoms with Crippen LogP contribution in [0.5, 0.6) is 0 Å². The fraction of sp³-hybridized carbons (Fsp3) is 0.250. The lowest BCUT2D eigenvalue weighted by Crippen LogP contribution is -2.20. The van der Waals surface area contributed by atoms with Crippen LogP contribution in [0.15, 0.2) is 24.3 Å². The summed E-state index contributed by atoms with van der Waals surface area (Å²) in [6, 6.07) is 5.28. The monoisotopic (exact) mass is 204 g/mol. The van der Waals surface area contributed by atoms with E-state index in [2.05, 4.69) is 0 Å². The van der Waals surface area contributed by atoms with Crippen molar-refractivity contribution in [3.8, 4) is 0 Å². The lowest BCUT2D eigenvalue weighted by Gasteiger charge is -2.15. The Balaban J connectivity index is 2.90. The van der Waals surface area contributed by atoms with Gasteiger partial charge in [-0.15, -0.1) is 0 Å². The molecule has 0 saturated carbocycles. The van der Waals surface area contributed by atoms with Crippen molar-refractivity contribution in [2.24, 2.45) is 0 Å². The summed E-state index contributed by atoms with van der Waals surface area (Å²) in [4.78, 5) is 0. The SMILES string of the molecule is [B]C(c1ccc(Cl)cc1)C(F)(F)F. The van der Waals surface area contributed by atoms with Gasteiger partial charge in [0.05, 0.1) is 7.85 Å². The maximum absolute atomic E-state index is 12.1. The first-order chi connectivity index (χ1) is 5.91. The van der Waals surface area contributed by atoms with Gasteiger partial charge in [0, 0.05) is 10.8 Å². The van der Waals surface area contributed by atoms with E-state index in [1.165, 1.54) is 24.3 Å². The van der Waals surface area contributed by atoms with Crippen LogP contribution in [0.2, 0.25) is 5.02 Å². The summed E-state index contributed by atoms with van der Waals surface area (Å²) in [7, 11) is 4.95. The highest BCUT2D eigenvalue weighted by Crippen LogP contribution is 2.32. The zero-order valence-corrected chi connectivity index (χ0v) is 7.23. The van der Waals surface area contributed by atoms with Gasteiger partial charge in [-0.2, -0.15) is 13.2 Å². The maximum Gasteiger partial charge on any atom is 0.388 e. The molecule has 2 radical (unpaired) electrons. The highest BCUT2D eigenvalue weighted by Gasteiger charge is 2.36. The highest BCUT2D eigenvalue weighted by atomic mass is 35.5. The van der Waals surface area contributed by atoms with Crippen molar-refractivity contribution >= 4 is 19.4 Å². The van der Waals surface area contributed by atoms with Crippen molar-refractivity contribution in [1.82, 2.24) is 0 Å². The third-order valence-electron chi connectivity index (χ3n) is 1.58. The fourth-order valence-electron chi connectivity index (χ4n) is 0.859. The molecule has 68 valence electrons. The van der Waals surface area contributed by atoms with Gasteiger partial charge in [0.25, 0.3) is 0 Å². The third kappa shape index (κ3) is 2.66. The minimum Gasteiger partial charge on any atom is -0.171 e. The third-order valence-corrected chi connectivity index (χ3v) is 1.83. The van der Waals surface area contributed by atoms with Crippen molar-refractivity contribution < 1.29 is 13.2 Å². The first-order valence-electron chi connectivity index (χ1n) is 3.49. The van der Waals surface area contributed by atoms with Crippen molar-refractivity contribution in [2.45, 2.75) is 12.0 Å². The summed E-state index contributed by atoms with van der Waals surface area (Å²) in [6.07, 6.45) is -4.41. The second kappa shape index (κ2) is 3.62. The Hall–Kier alpha value is -0.635. The van der Waals surface area contributed by atoms with Crippen molar-refractivity contribution in [3.05, 3.63) is 34.9 Å². The van der Waals surface area contributed by atoms with Gasteiger partial charge < -0.3 is 0 Å². The molecule has 1 atom stereocenters. The number of rotatable bonds is 1. The van der Waals surface area contributed by atoms with Crippen LogP contribution in [0.4, 0.5) is 13.2 Å². The highest BCUT2D eigenvalue weighted by molar-refractivity contribution is 6.30. The second-order valence-corrected chi connectivity index (χ2v) is 3.01. The molecule has 0 nitrogen and oxygen atoms in total. The molecule has 0 fully saturated rings. The van der Waals surface area contributed by atoms with Crippen LogP contribution in [0.1, 0.15) is 11.4 Å². The van der Waals surface area contributed by atoms with Gasteiger partial charge in [-0.25, -0.2) is 0 Å². The molecule has 5 heteroatoms. The van der Waals surface area contributed by atoms with Crippen LogP contribution in [0, 0.1) is 0 Å². The normalized spacial score (nSPS) is 14.2. The fourth-order valence-corrected chi connectivity index (χ4v) is 0.985. The van der Waals surface area contributed by atoms with Crippen LogP contribution in [-0.2, 0) is 0 Å². The Morgan fingerprint density at radius 2 is 1.62 bits per heavy atom. The van der Waals surface area contributed by atoms with Crippen molar-refractivity contribution in [1.29, 1.82) is 0 Å². The van der Waals surface area contributed by atoms with E-state index in [1.54, 1.807) is 0 Å². The average molecular weight is 204 g/mol. The summed E-state index contributed by atoms with van der Waals surface area (Å²) in [5, 5.41) is 0.387. The van der Waals surface area contributed by atoms with E-state index in [0.717, 1.165) is 0 Å². The van der Waals surface area contributed by atoms with Crippen LogP contribution in [-0.4, -0.2) is 14.0 Å². The zero-order valence-electron chi connectivity index (χ0n) is 6.48. The Labute approximate surface area is 80.1 Å². The summed E-state index contributed by atoms with van der Waals surface area (Å²) in [6.45, 7) is 0. The summed E-state index contributed by atoms with van der Waals surface area (Å²) >= 11 is 5.51. The van der Waals surface area contributed by atoms with E-state index < -0.39 is 12.0 Å². The summed E-state index contributed by atoms with van der Waals surface area (Å²) < 4.78 is 36.2. The number of halogens is 4. The zero-order chi connectivity index (χ0) is 10.1. The molecule has 1 rings (SSSR count). The smallest absolute Gasteiger partial charge is 0.171 e. The Kier molecular flexibility index (Phi) is 2.91. The second-order valence-electron chi connectivity index (χ2n) is 2.57. The molecule has 0 N–H and O–H groups in total.